The fourth-order valence-corrected chi connectivity index (χ4v) is 15.0. The molecule has 4 heteroatoms. The van der Waals surface area contributed by atoms with Gasteiger partial charge in [0, 0.05) is 45.0 Å². The van der Waals surface area contributed by atoms with Crippen molar-refractivity contribution in [2.24, 2.45) is 23.7 Å². The van der Waals surface area contributed by atoms with Gasteiger partial charge >= 0.3 is 0 Å². The van der Waals surface area contributed by atoms with Crippen LogP contribution in [0.2, 0.25) is 0 Å². The number of fused-ring (bicyclic) bond motifs is 9. The molecule has 2 nitrogen and oxygen atoms in total. The Hall–Kier alpha value is 0.620. The van der Waals surface area contributed by atoms with E-state index < -0.39 is 0 Å². The first-order valence-corrected chi connectivity index (χ1v) is 17.5. The highest BCUT2D eigenvalue weighted by Gasteiger charge is 2.61. The van der Waals surface area contributed by atoms with Gasteiger partial charge in [-0.25, -0.2) is 0 Å². The number of ether oxygens (including phenoxy) is 1. The SMILES string of the molecule is C1CCC2C(C1)SC1CCC3C4CCCC(N5C6CCCCC6SC6CCCCC65)C4OC3C12. The lowest BCUT2D eigenvalue weighted by Gasteiger charge is -2.58. The number of thioether (sulfide) groups is 2. The molecule has 34 heavy (non-hydrogen) atoms. The van der Waals surface area contributed by atoms with E-state index in [9.17, 15) is 0 Å². The molecule has 190 valence electrons. The summed E-state index contributed by atoms with van der Waals surface area (Å²) in [6.45, 7) is 0. The predicted molar refractivity (Wildman–Crippen MR) is 145 cm³/mol. The highest BCUT2D eigenvalue weighted by molar-refractivity contribution is 8.01. The molecule has 0 aromatic carbocycles. The van der Waals surface area contributed by atoms with Crippen LogP contribution in [0.15, 0.2) is 0 Å². The second-order valence-corrected chi connectivity index (χ2v) is 16.5. The Kier molecular flexibility index (Phi) is 6.06. The number of rotatable bonds is 1. The van der Waals surface area contributed by atoms with Crippen molar-refractivity contribution in [3.05, 3.63) is 0 Å². The van der Waals surface area contributed by atoms with Crippen LogP contribution in [0.5, 0.6) is 0 Å². The van der Waals surface area contributed by atoms with Crippen LogP contribution in [0.4, 0.5) is 0 Å². The summed E-state index contributed by atoms with van der Waals surface area (Å²) in [6.07, 6.45) is 26.5. The molecule has 0 radical (unpaired) electrons. The molecule has 5 saturated carbocycles. The lowest BCUT2D eigenvalue weighted by Crippen LogP contribution is -2.65. The Morgan fingerprint density at radius 3 is 1.82 bits per heavy atom. The molecule has 5 aliphatic carbocycles. The van der Waals surface area contributed by atoms with Gasteiger partial charge in [-0.15, -0.1) is 0 Å². The maximum atomic E-state index is 7.50. The average molecular weight is 502 g/mol. The van der Waals surface area contributed by atoms with Crippen molar-refractivity contribution < 1.29 is 4.74 Å². The highest BCUT2D eigenvalue weighted by atomic mass is 32.2. The van der Waals surface area contributed by atoms with Crippen LogP contribution < -0.4 is 0 Å². The summed E-state index contributed by atoms with van der Waals surface area (Å²) in [5.41, 5.74) is 0. The summed E-state index contributed by atoms with van der Waals surface area (Å²) in [7, 11) is 0. The van der Waals surface area contributed by atoms with E-state index in [4.69, 9.17) is 4.74 Å². The summed E-state index contributed by atoms with van der Waals surface area (Å²) in [5.74, 6) is 3.68. The lowest BCUT2D eigenvalue weighted by atomic mass is 9.64. The van der Waals surface area contributed by atoms with Crippen LogP contribution in [-0.4, -0.2) is 56.2 Å². The Bertz CT molecular complexity index is 740. The van der Waals surface area contributed by atoms with E-state index in [-0.39, 0.29) is 0 Å². The van der Waals surface area contributed by atoms with E-state index >= 15 is 0 Å². The maximum Gasteiger partial charge on any atom is 0.0766 e. The molecule has 0 aromatic heterocycles. The largest absolute Gasteiger partial charge is 0.372 e. The molecule has 0 N–H and O–H groups in total. The molecule has 8 fully saturated rings. The maximum absolute atomic E-state index is 7.50. The monoisotopic (exact) mass is 501 g/mol. The third-order valence-corrected chi connectivity index (χ3v) is 15.8. The topological polar surface area (TPSA) is 12.5 Å². The van der Waals surface area contributed by atoms with E-state index in [1.807, 2.05) is 0 Å². The predicted octanol–water partition coefficient (Wildman–Crippen LogP) is 7.29. The summed E-state index contributed by atoms with van der Waals surface area (Å²) < 4.78 is 7.50. The average Bonchev–Trinajstić information content (AvgIpc) is 3.45. The van der Waals surface area contributed by atoms with Gasteiger partial charge in [-0.1, -0.05) is 44.9 Å². The summed E-state index contributed by atoms with van der Waals surface area (Å²) in [6, 6.07) is 2.48. The normalized spacial score (nSPS) is 57.0. The molecular formula is C30H47NOS2. The molecule has 3 saturated heterocycles. The van der Waals surface area contributed by atoms with Crippen molar-refractivity contribution in [1.82, 2.24) is 4.90 Å². The van der Waals surface area contributed by atoms with Crippen molar-refractivity contribution in [2.45, 2.75) is 160 Å². The minimum atomic E-state index is 0.573. The number of hydrogen-bond acceptors (Lipinski definition) is 4. The van der Waals surface area contributed by atoms with Crippen molar-refractivity contribution >= 4 is 23.5 Å². The van der Waals surface area contributed by atoms with Crippen LogP contribution >= 0.6 is 23.5 Å². The fraction of sp³-hybridized carbons (Fsp3) is 1.00. The van der Waals surface area contributed by atoms with Gasteiger partial charge in [0.05, 0.1) is 12.2 Å². The first-order valence-electron chi connectivity index (χ1n) is 15.6. The molecular weight excluding hydrogens is 454 g/mol. The number of hydrogen-bond donors (Lipinski definition) is 0. The van der Waals surface area contributed by atoms with Gasteiger partial charge in [-0.3, -0.25) is 4.90 Å². The molecule has 13 atom stereocenters. The Labute approximate surface area is 216 Å². The van der Waals surface area contributed by atoms with E-state index in [1.54, 1.807) is 0 Å². The zero-order chi connectivity index (χ0) is 22.2. The lowest BCUT2D eigenvalue weighted by molar-refractivity contribution is -0.0952. The van der Waals surface area contributed by atoms with Crippen LogP contribution in [0.25, 0.3) is 0 Å². The van der Waals surface area contributed by atoms with Crippen LogP contribution in [-0.2, 0) is 4.74 Å². The summed E-state index contributed by atoms with van der Waals surface area (Å²) >= 11 is 4.88. The zero-order valence-electron chi connectivity index (χ0n) is 21.2. The summed E-state index contributed by atoms with van der Waals surface area (Å²) in [5, 5.41) is 3.77. The van der Waals surface area contributed by atoms with E-state index in [2.05, 4.69) is 28.4 Å². The fourth-order valence-electron chi connectivity index (χ4n) is 10.9. The third kappa shape index (κ3) is 3.49. The summed E-state index contributed by atoms with van der Waals surface area (Å²) in [4.78, 5) is 3.22. The molecule has 13 unspecified atom stereocenters. The number of nitrogens with zero attached hydrogens (tertiary/aromatic N) is 1. The second-order valence-electron chi connectivity index (χ2n) is 13.6. The molecule has 0 bridgehead atoms. The molecule has 0 aromatic rings. The third-order valence-electron chi connectivity index (χ3n) is 12.1. The van der Waals surface area contributed by atoms with E-state index in [1.165, 1.54) is 109 Å². The van der Waals surface area contributed by atoms with Crippen LogP contribution in [0.1, 0.15) is 109 Å². The Balaban J connectivity index is 1.10. The van der Waals surface area contributed by atoms with Gasteiger partial charge in [-0.05, 0) is 82.0 Å². The van der Waals surface area contributed by atoms with Crippen molar-refractivity contribution in [2.75, 3.05) is 0 Å². The van der Waals surface area contributed by atoms with Crippen molar-refractivity contribution in [3.8, 4) is 0 Å². The standard InChI is InChI=1S/C30H47NOS2/c1-4-13-24-20(8-1)28-27(33-24)17-16-19-18-9-7-12-23(29(18)32-30(19)28)31-21-10-2-5-14-25(21)34-26-15-6-3-11-22(26)31/h18-30H,1-17H2. The van der Waals surface area contributed by atoms with Gasteiger partial charge in [0.2, 0.25) is 0 Å². The molecule has 0 amide bonds. The van der Waals surface area contributed by atoms with Gasteiger partial charge < -0.3 is 4.74 Å². The van der Waals surface area contributed by atoms with Crippen molar-refractivity contribution in [3.63, 3.8) is 0 Å². The van der Waals surface area contributed by atoms with E-state index in [0.717, 1.165) is 62.8 Å². The second kappa shape index (κ2) is 9.12. The van der Waals surface area contributed by atoms with E-state index in [0.29, 0.717) is 12.2 Å². The van der Waals surface area contributed by atoms with Gasteiger partial charge in [0.1, 0.15) is 0 Å². The van der Waals surface area contributed by atoms with Crippen LogP contribution in [0, 0.1) is 23.7 Å². The molecule has 8 aliphatic rings. The first kappa shape index (κ1) is 22.6. The minimum Gasteiger partial charge on any atom is -0.372 e. The van der Waals surface area contributed by atoms with Gasteiger partial charge in [0.15, 0.2) is 0 Å². The smallest absolute Gasteiger partial charge is 0.0766 e. The van der Waals surface area contributed by atoms with Gasteiger partial charge in [-0.2, -0.15) is 23.5 Å². The Morgan fingerprint density at radius 1 is 0.441 bits per heavy atom. The van der Waals surface area contributed by atoms with Crippen molar-refractivity contribution in [1.29, 1.82) is 0 Å². The first-order chi connectivity index (χ1) is 16.9. The van der Waals surface area contributed by atoms with Gasteiger partial charge in [0.25, 0.3) is 0 Å². The molecule has 0 spiro atoms. The minimum absolute atomic E-state index is 0.573. The molecule has 8 rings (SSSR count). The van der Waals surface area contributed by atoms with Crippen LogP contribution in [0.3, 0.4) is 0 Å². The quantitative estimate of drug-likeness (QED) is 0.374. The molecule has 3 aliphatic heterocycles. The highest BCUT2D eigenvalue weighted by Crippen LogP contribution is 2.61. The molecule has 3 heterocycles. The zero-order valence-corrected chi connectivity index (χ0v) is 22.8. The Morgan fingerprint density at radius 2 is 1.03 bits per heavy atom.